The van der Waals surface area contributed by atoms with Gasteiger partial charge in [-0.15, -0.1) is 11.3 Å². The number of benzene rings is 2. The molecule has 0 unspecified atom stereocenters. The first-order valence-electron chi connectivity index (χ1n) is 9.27. The van der Waals surface area contributed by atoms with E-state index in [1.807, 2.05) is 25.1 Å². The van der Waals surface area contributed by atoms with Gasteiger partial charge in [-0.2, -0.15) is 0 Å². The zero-order valence-corrected chi connectivity index (χ0v) is 16.5. The fraction of sp³-hybridized carbons (Fsp3) is 0.174. The number of fused-ring (bicyclic) bond motifs is 1. The van der Waals surface area contributed by atoms with Crippen LogP contribution in [0.2, 0.25) is 0 Å². The number of nitrogens with zero attached hydrogens (tertiary/aromatic N) is 2. The van der Waals surface area contributed by atoms with Gasteiger partial charge in [-0.05, 0) is 35.4 Å². The van der Waals surface area contributed by atoms with E-state index in [2.05, 4.69) is 52.8 Å². The highest BCUT2D eigenvalue weighted by atomic mass is 32.1. The topological polar surface area (TPSA) is 54.9 Å². The lowest BCUT2D eigenvalue weighted by atomic mass is 10.0. The fourth-order valence-corrected chi connectivity index (χ4v) is 4.33. The maximum atomic E-state index is 12.3. The Kier molecular flexibility index (Phi) is 5.44. The van der Waals surface area contributed by atoms with E-state index in [0.717, 1.165) is 27.7 Å². The highest BCUT2D eigenvalue weighted by Crippen LogP contribution is 2.25. The van der Waals surface area contributed by atoms with E-state index >= 15 is 0 Å². The first kappa shape index (κ1) is 18.3. The molecule has 2 aromatic heterocycles. The summed E-state index contributed by atoms with van der Waals surface area (Å²) in [6, 6.07) is 20.5. The summed E-state index contributed by atoms with van der Waals surface area (Å²) in [5.74, 6) is -0.00545. The largest absolute Gasteiger partial charge is 0.350 e. The smallest absolute Gasteiger partial charge is 0.225 e. The number of hydrogen-bond acceptors (Lipinski definition) is 4. The number of aromatic nitrogens is 2. The predicted octanol–water partition coefficient (Wildman–Crippen LogP) is 4.45. The minimum Gasteiger partial charge on any atom is -0.350 e. The van der Waals surface area contributed by atoms with E-state index in [4.69, 9.17) is 4.98 Å². The maximum Gasteiger partial charge on any atom is 0.225 e. The molecule has 1 amide bonds. The van der Waals surface area contributed by atoms with Crippen molar-refractivity contribution in [1.82, 2.24) is 15.3 Å². The molecule has 2 heterocycles. The molecule has 0 bridgehead atoms. The molecule has 0 saturated carbocycles. The van der Waals surface area contributed by atoms with Crippen LogP contribution in [0.5, 0.6) is 0 Å². The van der Waals surface area contributed by atoms with E-state index in [9.17, 15) is 4.79 Å². The summed E-state index contributed by atoms with van der Waals surface area (Å²) in [6.07, 6.45) is 2.86. The molecule has 28 heavy (non-hydrogen) atoms. The second kappa shape index (κ2) is 8.31. The number of nitrogens with one attached hydrogen (secondary N) is 1. The average molecular weight is 388 g/mol. The van der Waals surface area contributed by atoms with Crippen LogP contribution in [0.4, 0.5) is 0 Å². The van der Waals surface area contributed by atoms with Gasteiger partial charge in [-0.1, -0.05) is 48.5 Å². The first-order valence-corrected chi connectivity index (χ1v) is 10.1. The molecule has 0 aliphatic heterocycles. The van der Waals surface area contributed by atoms with Gasteiger partial charge in [0.15, 0.2) is 0 Å². The lowest BCUT2D eigenvalue weighted by molar-refractivity contribution is -0.120. The SMILES string of the molecule is Cc1nc(Cc2cccc3ccccc23)sc1CC(=O)NCc1ccccn1. The van der Waals surface area contributed by atoms with Gasteiger partial charge in [0.25, 0.3) is 0 Å². The van der Waals surface area contributed by atoms with E-state index in [0.29, 0.717) is 13.0 Å². The van der Waals surface area contributed by atoms with Crippen molar-refractivity contribution < 1.29 is 4.79 Å². The van der Waals surface area contributed by atoms with Crippen molar-refractivity contribution in [3.8, 4) is 0 Å². The van der Waals surface area contributed by atoms with Crippen molar-refractivity contribution in [2.75, 3.05) is 0 Å². The Bertz CT molecular complexity index is 1100. The van der Waals surface area contributed by atoms with Crippen molar-refractivity contribution in [1.29, 1.82) is 0 Å². The summed E-state index contributed by atoms with van der Waals surface area (Å²) in [7, 11) is 0. The monoisotopic (exact) mass is 387 g/mol. The average Bonchev–Trinajstić information content (AvgIpc) is 3.06. The van der Waals surface area contributed by atoms with Gasteiger partial charge >= 0.3 is 0 Å². The number of thiazole rings is 1. The second-order valence-electron chi connectivity index (χ2n) is 6.71. The quantitative estimate of drug-likeness (QED) is 0.532. The Labute approximate surface area is 168 Å². The van der Waals surface area contributed by atoms with Crippen molar-refractivity contribution in [3.05, 3.63) is 93.7 Å². The molecule has 2 aromatic carbocycles. The molecule has 4 nitrogen and oxygen atoms in total. The van der Waals surface area contributed by atoms with Crippen molar-refractivity contribution in [2.24, 2.45) is 0 Å². The molecular weight excluding hydrogens is 366 g/mol. The van der Waals surface area contributed by atoms with E-state index in [1.54, 1.807) is 17.5 Å². The Balaban J connectivity index is 1.44. The lowest BCUT2D eigenvalue weighted by Crippen LogP contribution is -2.24. The van der Waals surface area contributed by atoms with Crippen LogP contribution in [0.25, 0.3) is 10.8 Å². The van der Waals surface area contributed by atoms with Crippen LogP contribution in [0.3, 0.4) is 0 Å². The van der Waals surface area contributed by atoms with Crippen LogP contribution in [-0.2, 0) is 24.2 Å². The molecule has 0 aliphatic rings. The number of aryl methyl sites for hydroxylation is 1. The van der Waals surface area contributed by atoms with Gasteiger partial charge in [0.2, 0.25) is 5.91 Å². The van der Waals surface area contributed by atoms with Crippen LogP contribution >= 0.6 is 11.3 Å². The molecule has 0 atom stereocenters. The number of pyridine rings is 1. The van der Waals surface area contributed by atoms with Crippen LogP contribution in [0.15, 0.2) is 66.9 Å². The summed E-state index contributed by atoms with van der Waals surface area (Å²) >= 11 is 1.63. The Morgan fingerprint density at radius 1 is 1.04 bits per heavy atom. The van der Waals surface area contributed by atoms with Crippen LogP contribution in [0, 0.1) is 6.92 Å². The predicted molar refractivity (Wildman–Crippen MR) is 113 cm³/mol. The number of hydrogen-bond donors (Lipinski definition) is 1. The third-order valence-electron chi connectivity index (χ3n) is 4.67. The summed E-state index contributed by atoms with van der Waals surface area (Å²) in [5.41, 5.74) is 3.06. The standard InChI is InChI=1S/C23H21N3OS/c1-16-21(14-22(27)25-15-19-10-4-5-12-24-19)28-23(26-16)13-18-9-6-8-17-7-2-3-11-20(17)18/h2-12H,13-15H2,1H3,(H,25,27). The summed E-state index contributed by atoms with van der Waals surface area (Å²) in [6.45, 7) is 2.42. The normalized spacial score (nSPS) is 10.9. The summed E-state index contributed by atoms with van der Waals surface area (Å²) < 4.78 is 0. The molecular formula is C23H21N3OS. The maximum absolute atomic E-state index is 12.3. The highest BCUT2D eigenvalue weighted by Gasteiger charge is 2.13. The van der Waals surface area contributed by atoms with E-state index < -0.39 is 0 Å². The molecule has 4 aromatic rings. The van der Waals surface area contributed by atoms with Crippen molar-refractivity contribution >= 4 is 28.0 Å². The minimum absolute atomic E-state index is 0.00545. The second-order valence-corrected chi connectivity index (χ2v) is 7.87. The Morgan fingerprint density at radius 3 is 2.71 bits per heavy atom. The fourth-order valence-electron chi connectivity index (χ4n) is 3.24. The van der Waals surface area contributed by atoms with Gasteiger partial charge in [-0.25, -0.2) is 4.98 Å². The van der Waals surface area contributed by atoms with Gasteiger partial charge in [-0.3, -0.25) is 9.78 Å². The summed E-state index contributed by atoms with van der Waals surface area (Å²) in [5, 5.41) is 6.47. The van der Waals surface area contributed by atoms with Crippen LogP contribution in [-0.4, -0.2) is 15.9 Å². The highest BCUT2D eigenvalue weighted by molar-refractivity contribution is 7.11. The Hall–Kier alpha value is -3.05. The molecule has 5 heteroatoms. The number of carbonyl (C=O) groups excluding carboxylic acids is 1. The molecule has 0 spiro atoms. The minimum atomic E-state index is -0.00545. The third kappa shape index (κ3) is 4.26. The Morgan fingerprint density at radius 2 is 1.86 bits per heavy atom. The van der Waals surface area contributed by atoms with Gasteiger partial charge in [0, 0.05) is 17.5 Å². The van der Waals surface area contributed by atoms with E-state index in [-0.39, 0.29) is 5.91 Å². The molecule has 140 valence electrons. The lowest BCUT2D eigenvalue weighted by Gasteiger charge is -2.04. The van der Waals surface area contributed by atoms with Crippen molar-refractivity contribution in [2.45, 2.75) is 26.3 Å². The summed E-state index contributed by atoms with van der Waals surface area (Å²) in [4.78, 5) is 22.3. The third-order valence-corrected chi connectivity index (χ3v) is 5.83. The van der Waals surface area contributed by atoms with Crippen LogP contribution < -0.4 is 5.32 Å². The zero-order valence-electron chi connectivity index (χ0n) is 15.7. The number of carbonyl (C=O) groups is 1. The van der Waals surface area contributed by atoms with Crippen LogP contribution in [0.1, 0.15) is 26.8 Å². The number of amides is 1. The molecule has 1 N–H and O–H groups in total. The molecule has 0 fully saturated rings. The molecule has 0 aliphatic carbocycles. The molecule has 0 radical (unpaired) electrons. The number of rotatable bonds is 6. The first-order chi connectivity index (χ1) is 13.7. The van der Waals surface area contributed by atoms with Gasteiger partial charge in [0.1, 0.15) is 0 Å². The van der Waals surface area contributed by atoms with E-state index in [1.165, 1.54) is 16.3 Å². The van der Waals surface area contributed by atoms with Gasteiger partial charge < -0.3 is 5.32 Å². The molecule has 0 saturated heterocycles. The zero-order chi connectivity index (χ0) is 19.3. The molecule has 4 rings (SSSR count). The van der Waals surface area contributed by atoms with Crippen molar-refractivity contribution in [3.63, 3.8) is 0 Å². The van der Waals surface area contributed by atoms with Gasteiger partial charge in [0.05, 0.1) is 29.4 Å².